The Balaban J connectivity index is 0. The van der Waals surface area contributed by atoms with Gasteiger partial charge in [-0.3, -0.25) is 18.0 Å². The maximum atomic E-state index is 11.8. The Bertz CT molecular complexity index is 1130. The van der Waals surface area contributed by atoms with Crippen LogP contribution in [0.4, 0.5) is 26.3 Å². The van der Waals surface area contributed by atoms with Gasteiger partial charge in [0.2, 0.25) is 0 Å². The average molecular weight is 712 g/mol. The third-order valence-electron chi connectivity index (χ3n) is 3.14. The number of Topliss-reactive ketones (excluding diaryl/α,β-unsaturated/α-hetero) is 2. The first-order valence-corrected chi connectivity index (χ1v) is 12.3. The van der Waals surface area contributed by atoms with Crippen LogP contribution in [0.2, 0.25) is 0 Å². The molecule has 2 aromatic carbocycles. The van der Waals surface area contributed by atoms with E-state index in [-0.39, 0.29) is 40.9 Å². The molecule has 0 aromatic heterocycles. The molecule has 0 heterocycles. The second-order valence-electron chi connectivity index (χ2n) is 5.67. The molecule has 2 rings (SSSR count). The Hall–Kier alpha value is -1.08. The molecule has 0 spiro atoms. The van der Waals surface area contributed by atoms with Crippen LogP contribution in [-0.4, -0.2) is 53.2 Å². The third kappa shape index (κ3) is 17.2. The summed E-state index contributed by atoms with van der Waals surface area (Å²) in [4.78, 5) is 25.0. The van der Waals surface area contributed by atoms with E-state index in [9.17, 15) is 40.1 Å². The molecule has 2 unspecified atom stereocenters. The molecule has 19 heteroatoms. The van der Waals surface area contributed by atoms with Crippen molar-refractivity contribution >= 4 is 71.8 Å². The molecule has 0 aliphatic carbocycles. The van der Waals surface area contributed by atoms with Crippen molar-refractivity contribution in [2.45, 2.75) is 11.0 Å². The zero-order chi connectivity index (χ0) is 28.1. The van der Waals surface area contributed by atoms with Gasteiger partial charge in [0.15, 0.2) is 5.78 Å². The van der Waals surface area contributed by atoms with E-state index in [1.807, 2.05) is 0 Å². The summed E-state index contributed by atoms with van der Waals surface area (Å²) in [6.07, 6.45) is 0.864. The number of hydrogen-bond donors (Lipinski definition) is 0. The molecule has 0 amide bonds. The maximum absolute atomic E-state index is 11.8. The summed E-state index contributed by atoms with van der Waals surface area (Å²) in [5, 5.41) is 0. The molecule has 8 nitrogen and oxygen atoms in total. The van der Waals surface area contributed by atoms with E-state index in [2.05, 4.69) is 40.8 Å². The molecule has 0 fully saturated rings. The SMILES string of the molecule is O=C(COS(=O)C(F)(F)F)c1ccc(Br)cc1.O=S([O-])C(F)(F)F.[N-]=[N+]=CC(=O)c1ccc(Br)cc1.[Na+]. The molecule has 0 bridgehead atoms. The normalized spacial score (nSPS) is 12.1. The van der Waals surface area contributed by atoms with E-state index in [4.69, 9.17) is 14.3 Å². The molecule has 0 aliphatic heterocycles. The summed E-state index contributed by atoms with van der Waals surface area (Å²) < 4.78 is 101. The van der Waals surface area contributed by atoms with Gasteiger partial charge in [-0.2, -0.15) is 31.1 Å². The number of carbonyl (C=O) groups is 2. The first kappa shape index (κ1) is 38.1. The van der Waals surface area contributed by atoms with Crippen LogP contribution in [0, 0.1) is 0 Å². The van der Waals surface area contributed by atoms with Crippen molar-refractivity contribution in [3.05, 3.63) is 74.1 Å². The summed E-state index contributed by atoms with van der Waals surface area (Å²) >= 11 is -1.02. The quantitative estimate of drug-likeness (QED) is 0.0857. The van der Waals surface area contributed by atoms with Crippen LogP contribution in [0.3, 0.4) is 0 Å². The van der Waals surface area contributed by atoms with E-state index in [0.717, 1.165) is 15.2 Å². The van der Waals surface area contributed by atoms with Crippen molar-refractivity contribution in [1.29, 1.82) is 0 Å². The van der Waals surface area contributed by atoms with Gasteiger partial charge in [-0.05, 0) is 36.4 Å². The Kier molecular flexibility index (Phi) is 18.8. The van der Waals surface area contributed by atoms with Crippen LogP contribution >= 0.6 is 31.9 Å². The minimum Gasteiger partial charge on any atom is -0.766 e. The molecular formula is C18H11Br2F6N2NaO6S2. The fourth-order valence-electron chi connectivity index (χ4n) is 1.63. The van der Waals surface area contributed by atoms with Gasteiger partial charge < -0.3 is 10.1 Å². The first-order valence-electron chi connectivity index (χ1n) is 8.53. The number of carbonyl (C=O) groups excluding carboxylic acids is 2. The summed E-state index contributed by atoms with van der Waals surface area (Å²) in [5.74, 6) is -0.986. The predicted molar refractivity (Wildman–Crippen MR) is 122 cm³/mol. The minimum atomic E-state index is -5.08. The third-order valence-corrected chi connectivity index (χ3v) is 5.29. The number of hydrogen-bond acceptors (Lipinski definition) is 6. The molecule has 0 saturated carbocycles. The van der Waals surface area contributed by atoms with E-state index in [1.165, 1.54) is 12.1 Å². The molecule has 0 N–H and O–H groups in total. The Labute approximate surface area is 249 Å². The summed E-state index contributed by atoms with van der Waals surface area (Å²) in [5.41, 5.74) is -1.28. The van der Waals surface area contributed by atoms with E-state index in [1.54, 1.807) is 36.4 Å². The van der Waals surface area contributed by atoms with Crippen LogP contribution < -0.4 is 29.6 Å². The van der Waals surface area contributed by atoms with Gasteiger partial charge in [0.25, 0.3) is 16.9 Å². The van der Waals surface area contributed by atoms with E-state index >= 15 is 0 Å². The first-order chi connectivity index (χ1) is 16.5. The molecule has 37 heavy (non-hydrogen) atoms. The van der Waals surface area contributed by atoms with Crippen molar-refractivity contribution in [2.24, 2.45) is 0 Å². The summed E-state index contributed by atoms with van der Waals surface area (Å²) in [7, 11) is 0. The van der Waals surface area contributed by atoms with Crippen LogP contribution in [0.25, 0.3) is 5.53 Å². The molecule has 0 saturated heterocycles. The second kappa shape index (κ2) is 18.3. The smallest absolute Gasteiger partial charge is 0.766 e. The standard InChI is InChI=1S/C9H6BrF3O3S.C8H5BrN2O.CHF3O2S.Na/c10-7-3-1-6(2-4-7)8(14)5-16-17(15)9(11,12)13;9-7-3-1-6(2-4-7)8(12)5-11-10;2-1(3,4)7(5)6;/h1-4H,5H2;1-5H;(H,5,6);/q;;;+1/p-1. The fraction of sp³-hybridized carbons (Fsp3) is 0.167. The Morgan fingerprint density at radius 1 is 0.892 bits per heavy atom. The van der Waals surface area contributed by atoms with Crippen molar-refractivity contribution < 1.29 is 87.4 Å². The zero-order valence-electron chi connectivity index (χ0n) is 18.1. The van der Waals surface area contributed by atoms with E-state index in [0.29, 0.717) is 5.56 Å². The van der Waals surface area contributed by atoms with Crippen molar-refractivity contribution in [2.75, 3.05) is 6.61 Å². The number of nitrogens with zero attached hydrogens (tertiary/aromatic N) is 2. The van der Waals surface area contributed by atoms with Gasteiger partial charge in [0.05, 0.1) is 11.1 Å². The monoisotopic (exact) mass is 710 g/mol. The van der Waals surface area contributed by atoms with Crippen LogP contribution in [0.15, 0.2) is 57.5 Å². The summed E-state index contributed by atoms with van der Waals surface area (Å²) in [6.45, 7) is -0.881. The molecule has 2 aromatic rings. The van der Waals surface area contributed by atoms with Gasteiger partial charge in [-0.1, -0.05) is 44.0 Å². The van der Waals surface area contributed by atoms with Crippen molar-refractivity contribution in [3.63, 3.8) is 0 Å². The molecule has 2 atom stereocenters. The topological polar surface area (TPSA) is 137 Å². The Morgan fingerprint density at radius 3 is 1.59 bits per heavy atom. The van der Waals surface area contributed by atoms with E-state index < -0.39 is 45.6 Å². The van der Waals surface area contributed by atoms with Gasteiger partial charge in [0, 0.05) is 20.1 Å². The van der Waals surface area contributed by atoms with Gasteiger partial charge in [-0.25, -0.2) is 4.21 Å². The van der Waals surface area contributed by atoms with Crippen molar-refractivity contribution in [1.82, 2.24) is 0 Å². The van der Waals surface area contributed by atoms with Gasteiger partial charge in [0.1, 0.15) is 6.61 Å². The largest absolute Gasteiger partial charge is 1.00 e. The predicted octanol–water partition coefficient (Wildman–Crippen LogP) is 2.15. The van der Waals surface area contributed by atoms with Crippen molar-refractivity contribution in [3.8, 4) is 0 Å². The maximum Gasteiger partial charge on any atom is 1.00 e. The molecule has 0 aliphatic rings. The fourth-order valence-corrected chi connectivity index (χ4v) is 2.51. The number of rotatable bonds is 6. The van der Waals surface area contributed by atoms with Crippen LogP contribution in [0.5, 0.6) is 0 Å². The molecule has 198 valence electrons. The molecular weight excluding hydrogens is 701 g/mol. The average Bonchev–Trinajstić information content (AvgIpc) is 2.78. The second-order valence-corrected chi connectivity index (χ2v) is 9.60. The van der Waals surface area contributed by atoms with Gasteiger partial charge in [-0.15, -0.1) is 0 Å². The van der Waals surface area contributed by atoms with Crippen LogP contribution in [0.1, 0.15) is 20.7 Å². The Morgan fingerprint density at radius 2 is 1.27 bits per heavy atom. The number of ketones is 2. The van der Waals surface area contributed by atoms with Gasteiger partial charge >= 0.3 is 46.8 Å². The van der Waals surface area contributed by atoms with Crippen LogP contribution in [-0.2, 0) is 26.3 Å². The number of halogens is 8. The molecule has 0 radical (unpaired) electrons. The number of benzene rings is 2. The zero-order valence-corrected chi connectivity index (χ0v) is 24.9. The summed E-state index contributed by atoms with van der Waals surface area (Å²) in [6, 6.07) is 12.8. The number of alkyl halides is 6. The minimum absolute atomic E-state index is 0.